The van der Waals surface area contributed by atoms with E-state index >= 15 is 0 Å². The number of amides is 1. The summed E-state index contributed by atoms with van der Waals surface area (Å²) in [5.41, 5.74) is 4.41. The first-order chi connectivity index (χ1) is 15.0. The summed E-state index contributed by atoms with van der Waals surface area (Å²) in [7, 11) is 1.94. The van der Waals surface area contributed by atoms with Crippen LogP contribution in [0.25, 0.3) is 22.4 Å². The summed E-state index contributed by atoms with van der Waals surface area (Å²) >= 11 is 15.1. The Kier molecular flexibility index (Phi) is 5.52. The maximum Gasteiger partial charge on any atom is 0.286 e. The summed E-state index contributed by atoms with van der Waals surface area (Å²) in [5, 5.41) is 7.15. The molecule has 9 heteroatoms. The Morgan fingerprint density at radius 1 is 1.13 bits per heavy atom. The molecule has 0 saturated heterocycles. The molecule has 31 heavy (non-hydrogen) atoms. The van der Waals surface area contributed by atoms with Crippen molar-refractivity contribution in [2.24, 2.45) is 7.05 Å². The zero-order valence-corrected chi connectivity index (χ0v) is 19.4. The van der Waals surface area contributed by atoms with E-state index in [1.54, 1.807) is 17.8 Å². The molecule has 0 radical (unpaired) electrons. The van der Waals surface area contributed by atoms with Crippen LogP contribution in [0.3, 0.4) is 0 Å². The number of para-hydroxylation sites is 1. The number of anilines is 2. The third-order valence-electron chi connectivity index (χ3n) is 4.92. The van der Waals surface area contributed by atoms with Gasteiger partial charge in [-0.25, -0.2) is 4.98 Å². The summed E-state index contributed by atoms with van der Waals surface area (Å²) in [6, 6.07) is 19.2. The van der Waals surface area contributed by atoms with Gasteiger partial charge in [-0.1, -0.05) is 47.1 Å². The highest BCUT2D eigenvalue weighted by atomic mass is 35.5. The predicted molar refractivity (Wildman–Crippen MR) is 132 cm³/mol. The number of nitrogens with one attached hydrogen (secondary N) is 2. The molecular formula is C22H16Cl2N4OS2. The first-order valence-electron chi connectivity index (χ1n) is 9.40. The molecule has 1 amide bonds. The summed E-state index contributed by atoms with van der Waals surface area (Å²) in [6.07, 6.45) is 0. The lowest BCUT2D eigenvalue weighted by atomic mass is 10.2. The topological polar surface area (TPSA) is 59.0 Å². The van der Waals surface area contributed by atoms with Gasteiger partial charge in [-0.15, -0.1) is 0 Å². The number of fused-ring (bicyclic) bond motifs is 2. The molecule has 0 bridgehead atoms. The standard InChI is InChI=1S/C22H16Cl2N4OS2/c1-28-18-11-15(24)14(23)10-17(18)26-20(28)12-6-8-13(9-7-12)25-21(29)31-22-27-16-4-2-3-5-19(16)30-22/h2-11,22,27H,1H3,(H,25,29). The molecule has 0 saturated carbocycles. The number of carbonyl (C=O) groups is 1. The first kappa shape index (κ1) is 20.6. The molecule has 156 valence electrons. The number of benzene rings is 3. The molecule has 1 aliphatic heterocycles. The average molecular weight is 487 g/mol. The summed E-state index contributed by atoms with van der Waals surface area (Å²) < 4.78 is 1.93. The molecule has 0 spiro atoms. The molecule has 5 nitrogen and oxygen atoms in total. The smallest absolute Gasteiger partial charge is 0.286 e. The van der Waals surface area contributed by atoms with Crippen molar-refractivity contribution in [3.05, 3.63) is 70.7 Å². The molecule has 5 rings (SSSR count). The van der Waals surface area contributed by atoms with Gasteiger partial charge in [0.2, 0.25) is 0 Å². The van der Waals surface area contributed by atoms with Gasteiger partial charge in [-0.3, -0.25) is 4.79 Å². The van der Waals surface area contributed by atoms with Crippen LogP contribution < -0.4 is 10.6 Å². The minimum atomic E-state index is -0.113. The molecule has 1 unspecified atom stereocenters. The molecule has 0 aliphatic carbocycles. The lowest BCUT2D eigenvalue weighted by Crippen LogP contribution is -2.13. The quantitative estimate of drug-likeness (QED) is 0.317. The van der Waals surface area contributed by atoms with Gasteiger partial charge in [0, 0.05) is 28.9 Å². The fraction of sp³-hybridized carbons (Fsp3) is 0.0909. The molecule has 0 fully saturated rings. The van der Waals surface area contributed by atoms with Gasteiger partial charge in [-0.05, 0) is 60.3 Å². The van der Waals surface area contributed by atoms with E-state index in [4.69, 9.17) is 23.2 Å². The average Bonchev–Trinajstić information content (AvgIpc) is 3.29. The molecule has 1 aromatic heterocycles. The van der Waals surface area contributed by atoms with Gasteiger partial charge in [0.25, 0.3) is 5.24 Å². The first-order valence-corrected chi connectivity index (χ1v) is 11.9. The molecule has 1 aliphatic rings. The fourth-order valence-electron chi connectivity index (χ4n) is 3.41. The number of aryl methyl sites for hydroxylation is 1. The Labute approximate surface area is 197 Å². The van der Waals surface area contributed by atoms with Gasteiger partial charge >= 0.3 is 0 Å². The van der Waals surface area contributed by atoms with Crippen LogP contribution in [-0.4, -0.2) is 19.5 Å². The van der Waals surface area contributed by atoms with E-state index in [1.807, 2.05) is 66.2 Å². The monoisotopic (exact) mass is 486 g/mol. The van der Waals surface area contributed by atoms with Gasteiger partial charge in [0.15, 0.2) is 0 Å². The van der Waals surface area contributed by atoms with E-state index in [0.29, 0.717) is 10.0 Å². The normalized spacial score (nSPS) is 15.0. The summed E-state index contributed by atoms with van der Waals surface area (Å²) in [4.78, 5) is 18.3. The summed E-state index contributed by atoms with van der Waals surface area (Å²) in [5.74, 6) is 0.796. The van der Waals surface area contributed by atoms with Crippen LogP contribution in [0.15, 0.2) is 65.6 Å². The van der Waals surface area contributed by atoms with E-state index in [0.717, 1.165) is 38.7 Å². The zero-order valence-electron chi connectivity index (χ0n) is 16.2. The van der Waals surface area contributed by atoms with Crippen LogP contribution in [0.1, 0.15) is 0 Å². The molecule has 2 heterocycles. The summed E-state index contributed by atoms with van der Waals surface area (Å²) in [6.45, 7) is 0. The second kappa shape index (κ2) is 8.31. The number of nitrogens with zero attached hydrogens (tertiary/aromatic N) is 2. The molecule has 2 N–H and O–H groups in total. The number of aromatic nitrogens is 2. The van der Waals surface area contributed by atoms with E-state index in [2.05, 4.69) is 15.6 Å². The van der Waals surface area contributed by atoms with E-state index in [1.165, 1.54) is 11.8 Å². The largest absolute Gasteiger partial charge is 0.363 e. The maximum absolute atomic E-state index is 12.5. The van der Waals surface area contributed by atoms with Crippen LogP contribution >= 0.6 is 46.7 Å². The van der Waals surface area contributed by atoms with Crippen LogP contribution in [0.5, 0.6) is 0 Å². The van der Waals surface area contributed by atoms with Crippen molar-refractivity contribution in [2.75, 3.05) is 10.6 Å². The van der Waals surface area contributed by atoms with Gasteiger partial charge in [-0.2, -0.15) is 0 Å². The zero-order chi connectivity index (χ0) is 21.5. The van der Waals surface area contributed by atoms with E-state index < -0.39 is 0 Å². The minimum absolute atomic E-state index is 0.0460. The molecule has 3 aromatic carbocycles. The Hall–Kier alpha value is -2.32. The highest BCUT2D eigenvalue weighted by Crippen LogP contribution is 2.43. The fourth-order valence-corrected chi connectivity index (χ4v) is 5.87. The van der Waals surface area contributed by atoms with Crippen LogP contribution in [0.4, 0.5) is 16.2 Å². The highest BCUT2D eigenvalue weighted by molar-refractivity contribution is 8.25. The number of hydrogen-bond acceptors (Lipinski definition) is 5. The van der Waals surface area contributed by atoms with Crippen molar-refractivity contribution in [3.8, 4) is 11.4 Å². The third-order valence-corrected chi connectivity index (χ3v) is 7.81. The molecule has 4 aromatic rings. The highest BCUT2D eigenvalue weighted by Gasteiger charge is 2.24. The van der Waals surface area contributed by atoms with Gasteiger partial charge < -0.3 is 15.2 Å². The van der Waals surface area contributed by atoms with Crippen molar-refractivity contribution in [1.29, 1.82) is 0 Å². The minimum Gasteiger partial charge on any atom is -0.363 e. The van der Waals surface area contributed by atoms with Gasteiger partial charge in [0.1, 0.15) is 10.5 Å². The lowest BCUT2D eigenvalue weighted by molar-refractivity contribution is 0.270. The number of halogens is 2. The second-order valence-electron chi connectivity index (χ2n) is 6.95. The molecule has 1 atom stereocenters. The Morgan fingerprint density at radius 2 is 1.87 bits per heavy atom. The van der Waals surface area contributed by atoms with Crippen molar-refractivity contribution in [1.82, 2.24) is 9.55 Å². The second-order valence-corrected chi connectivity index (χ2v) is 10.3. The lowest BCUT2D eigenvalue weighted by Gasteiger charge is -2.10. The number of hydrogen-bond donors (Lipinski definition) is 2. The third kappa shape index (κ3) is 4.11. The van der Waals surface area contributed by atoms with Crippen molar-refractivity contribution in [2.45, 2.75) is 9.60 Å². The van der Waals surface area contributed by atoms with Crippen LogP contribution in [0, 0.1) is 0 Å². The van der Waals surface area contributed by atoms with Crippen molar-refractivity contribution < 1.29 is 4.79 Å². The van der Waals surface area contributed by atoms with Crippen LogP contribution in [0.2, 0.25) is 10.0 Å². The van der Waals surface area contributed by atoms with E-state index in [9.17, 15) is 4.79 Å². The number of thioether (sulfide) groups is 2. The number of imidazole rings is 1. The molecular weight excluding hydrogens is 471 g/mol. The number of rotatable bonds is 3. The Morgan fingerprint density at radius 3 is 2.65 bits per heavy atom. The Bertz CT molecular complexity index is 1280. The van der Waals surface area contributed by atoms with Crippen molar-refractivity contribution >= 4 is 74.4 Å². The predicted octanol–water partition coefficient (Wildman–Crippen LogP) is 7.31. The van der Waals surface area contributed by atoms with E-state index in [-0.39, 0.29) is 9.95 Å². The van der Waals surface area contributed by atoms with Crippen molar-refractivity contribution in [3.63, 3.8) is 0 Å². The van der Waals surface area contributed by atoms with Crippen LogP contribution in [-0.2, 0) is 7.05 Å². The Balaban J connectivity index is 1.28. The maximum atomic E-state index is 12.5. The SMILES string of the molecule is Cn1c(-c2ccc(NC(=O)SC3Nc4ccccc4S3)cc2)nc2cc(Cl)c(Cl)cc21. The van der Waals surface area contributed by atoms with Gasteiger partial charge in [0.05, 0.1) is 21.1 Å². The number of carbonyl (C=O) groups excluding carboxylic acids is 1.